The van der Waals surface area contributed by atoms with Crippen molar-refractivity contribution < 1.29 is 4.39 Å². The molecule has 1 heterocycles. The zero-order chi connectivity index (χ0) is 13.0. The van der Waals surface area contributed by atoms with Gasteiger partial charge in [-0.05, 0) is 29.9 Å². The van der Waals surface area contributed by atoms with Gasteiger partial charge in [-0.3, -0.25) is 0 Å². The van der Waals surface area contributed by atoms with Crippen LogP contribution in [0.4, 0.5) is 10.2 Å². The highest BCUT2D eigenvalue weighted by molar-refractivity contribution is 7.99. The molecule has 18 heavy (non-hydrogen) atoms. The molecule has 0 radical (unpaired) electrons. The van der Waals surface area contributed by atoms with Gasteiger partial charge in [-0.2, -0.15) is 5.10 Å². The first kappa shape index (κ1) is 13.0. The van der Waals surface area contributed by atoms with Gasteiger partial charge in [0.05, 0.1) is 6.54 Å². The summed E-state index contributed by atoms with van der Waals surface area (Å²) in [6.45, 7) is 2.70. The number of nitrogens with zero attached hydrogens (tertiary/aromatic N) is 2. The average molecular weight is 265 g/mol. The van der Waals surface area contributed by atoms with Crippen LogP contribution < -0.4 is 5.73 Å². The summed E-state index contributed by atoms with van der Waals surface area (Å²) >= 11 is 1.70. The molecule has 0 aliphatic rings. The van der Waals surface area contributed by atoms with Crippen molar-refractivity contribution in [3.63, 3.8) is 0 Å². The number of thioether (sulfide) groups is 1. The Hall–Kier alpha value is -1.49. The van der Waals surface area contributed by atoms with E-state index in [0.29, 0.717) is 12.4 Å². The summed E-state index contributed by atoms with van der Waals surface area (Å²) in [5.41, 5.74) is 6.89. The third-order valence-corrected chi connectivity index (χ3v) is 3.60. The van der Waals surface area contributed by atoms with Crippen LogP contribution in [-0.4, -0.2) is 15.5 Å². The number of nitrogen functional groups attached to an aromatic ring is 1. The minimum Gasteiger partial charge on any atom is -0.384 e. The quantitative estimate of drug-likeness (QED) is 0.845. The van der Waals surface area contributed by atoms with E-state index in [0.717, 1.165) is 22.8 Å². The normalized spacial score (nSPS) is 10.8. The number of hydrogen-bond acceptors (Lipinski definition) is 3. The first-order chi connectivity index (χ1) is 8.69. The molecule has 0 fully saturated rings. The maximum absolute atomic E-state index is 12.8. The lowest BCUT2D eigenvalue weighted by atomic mass is 10.2. The van der Waals surface area contributed by atoms with Crippen LogP contribution in [0.2, 0.25) is 0 Å². The summed E-state index contributed by atoms with van der Waals surface area (Å²) in [5, 5.41) is 5.37. The Balaban J connectivity index is 2.08. The van der Waals surface area contributed by atoms with Gasteiger partial charge in [-0.25, -0.2) is 9.07 Å². The summed E-state index contributed by atoms with van der Waals surface area (Å²) in [5.74, 6) is 1.44. The van der Waals surface area contributed by atoms with Crippen molar-refractivity contribution in [3.8, 4) is 0 Å². The topological polar surface area (TPSA) is 43.8 Å². The average Bonchev–Trinajstić information content (AvgIpc) is 2.70. The molecule has 0 aliphatic carbocycles. The fourth-order valence-electron chi connectivity index (χ4n) is 1.57. The van der Waals surface area contributed by atoms with Crippen molar-refractivity contribution in [2.75, 3.05) is 11.5 Å². The van der Waals surface area contributed by atoms with Crippen LogP contribution in [0.15, 0.2) is 35.4 Å². The van der Waals surface area contributed by atoms with Gasteiger partial charge in [0.2, 0.25) is 0 Å². The Morgan fingerprint density at radius 2 is 2.06 bits per heavy atom. The molecule has 2 aromatic rings. The first-order valence-corrected chi connectivity index (χ1v) is 6.88. The van der Waals surface area contributed by atoms with Crippen LogP contribution in [0.1, 0.15) is 18.9 Å². The van der Waals surface area contributed by atoms with Crippen molar-refractivity contribution in [1.82, 2.24) is 9.78 Å². The predicted molar refractivity (Wildman–Crippen MR) is 73.2 cm³/mol. The zero-order valence-electron chi connectivity index (χ0n) is 10.3. The van der Waals surface area contributed by atoms with Crippen LogP contribution in [0.3, 0.4) is 0 Å². The van der Waals surface area contributed by atoms with Gasteiger partial charge >= 0.3 is 0 Å². The summed E-state index contributed by atoms with van der Waals surface area (Å²) in [6.07, 6.45) is 1.11. The predicted octanol–water partition coefficient (Wildman–Crippen LogP) is 3.15. The second-order valence-corrected chi connectivity index (χ2v) is 5.16. The van der Waals surface area contributed by atoms with E-state index >= 15 is 0 Å². The number of aromatic nitrogens is 2. The Kier molecular flexibility index (Phi) is 4.25. The Bertz CT molecular complexity index is 507. The van der Waals surface area contributed by atoms with Gasteiger partial charge in [-0.15, -0.1) is 11.8 Å². The molecule has 0 saturated heterocycles. The number of nitrogens with two attached hydrogens (primary N) is 1. The van der Waals surface area contributed by atoms with Crippen molar-refractivity contribution in [2.45, 2.75) is 24.9 Å². The highest BCUT2D eigenvalue weighted by Crippen LogP contribution is 2.20. The molecule has 1 aromatic carbocycles. The Morgan fingerprint density at radius 1 is 1.33 bits per heavy atom. The molecular weight excluding hydrogens is 249 g/mol. The Labute approximate surface area is 110 Å². The lowest BCUT2D eigenvalue weighted by Gasteiger charge is -2.03. The van der Waals surface area contributed by atoms with E-state index in [1.807, 2.05) is 6.07 Å². The molecule has 0 spiro atoms. The maximum atomic E-state index is 12.8. The highest BCUT2D eigenvalue weighted by Gasteiger charge is 2.06. The summed E-state index contributed by atoms with van der Waals surface area (Å²) in [4.78, 5) is 0. The monoisotopic (exact) mass is 265 g/mol. The van der Waals surface area contributed by atoms with Gasteiger partial charge in [-0.1, -0.05) is 19.1 Å². The van der Waals surface area contributed by atoms with Crippen LogP contribution in [-0.2, 0) is 6.54 Å². The summed E-state index contributed by atoms with van der Waals surface area (Å²) in [6, 6.07) is 8.26. The minimum atomic E-state index is -0.230. The fraction of sp³-hybridized carbons (Fsp3) is 0.308. The van der Waals surface area contributed by atoms with E-state index < -0.39 is 0 Å². The van der Waals surface area contributed by atoms with Crippen molar-refractivity contribution in [2.24, 2.45) is 0 Å². The SMILES string of the molecule is CCCSc1cc(N)n(Cc2ccc(F)cc2)n1. The summed E-state index contributed by atoms with van der Waals surface area (Å²) < 4.78 is 14.5. The second kappa shape index (κ2) is 5.91. The molecule has 0 saturated carbocycles. The molecule has 3 nitrogen and oxygen atoms in total. The number of halogens is 1. The van der Waals surface area contributed by atoms with E-state index in [1.54, 1.807) is 28.6 Å². The molecule has 2 N–H and O–H groups in total. The van der Waals surface area contributed by atoms with Crippen LogP contribution in [0.5, 0.6) is 0 Å². The van der Waals surface area contributed by atoms with Crippen LogP contribution >= 0.6 is 11.8 Å². The van der Waals surface area contributed by atoms with E-state index in [4.69, 9.17) is 5.73 Å². The standard InChI is InChI=1S/C13H16FN3S/c1-2-7-18-13-8-12(15)17(16-13)9-10-3-5-11(14)6-4-10/h3-6,8H,2,7,9,15H2,1H3. The molecular formula is C13H16FN3S. The van der Waals surface area contributed by atoms with E-state index in [2.05, 4.69) is 12.0 Å². The lowest BCUT2D eigenvalue weighted by Crippen LogP contribution is -2.05. The molecule has 2 rings (SSSR count). The summed E-state index contributed by atoms with van der Waals surface area (Å²) in [7, 11) is 0. The van der Waals surface area contributed by atoms with Gasteiger partial charge in [0.15, 0.2) is 0 Å². The highest BCUT2D eigenvalue weighted by atomic mass is 32.2. The Morgan fingerprint density at radius 3 is 2.72 bits per heavy atom. The lowest BCUT2D eigenvalue weighted by molar-refractivity contribution is 0.624. The van der Waals surface area contributed by atoms with Gasteiger partial charge < -0.3 is 5.73 Å². The zero-order valence-corrected chi connectivity index (χ0v) is 11.1. The molecule has 0 amide bonds. The van der Waals surface area contributed by atoms with E-state index in [9.17, 15) is 4.39 Å². The number of rotatable bonds is 5. The van der Waals surface area contributed by atoms with Crippen molar-refractivity contribution in [3.05, 3.63) is 41.7 Å². The molecule has 0 unspecified atom stereocenters. The third-order valence-electron chi connectivity index (χ3n) is 2.49. The molecule has 5 heteroatoms. The van der Waals surface area contributed by atoms with Gasteiger partial charge in [0, 0.05) is 6.07 Å². The van der Waals surface area contributed by atoms with E-state index in [-0.39, 0.29) is 5.82 Å². The molecule has 0 bridgehead atoms. The number of benzene rings is 1. The number of hydrogen-bond donors (Lipinski definition) is 1. The van der Waals surface area contributed by atoms with Crippen LogP contribution in [0.25, 0.3) is 0 Å². The smallest absolute Gasteiger partial charge is 0.123 e. The molecule has 0 atom stereocenters. The second-order valence-electron chi connectivity index (χ2n) is 4.04. The van der Waals surface area contributed by atoms with Crippen molar-refractivity contribution >= 4 is 17.6 Å². The molecule has 0 aliphatic heterocycles. The largest absolute Gasteiger partial charge is 0.384 e. The fourth-order valence-corrected chi connectivity index (χ4v) is 2.35. The molecule has 1 aromatic heterocycles. The maximum Gasteiger partial charge on any atom is 0.123 e. The minimum absolute atomic E-state index is 0.230. The first-order valence-electron chi connectivity index (χ1n) is 5.89. The van der Waals surface area contributed by atoms with Gasteiger partial charge in [0.1, 0.15) is 16.7 Å². The van der Waals surface area contributed by atoms with Crippen LogP contribution in [0, 0.1) is 5.82 Å². The van der Waals surface area contributed by atoms with E-state index in [1.165, 1.54) is 12.1 Å². The third kappa shape index (κ3) is 3.26. The molecule has 96 valence electrons. The van der Waals surface area contributed by atoms with Gasteiger partial charge in [0.25, 0.3) is 0 Å². The van der Waals surface area contributed by atoms with Crippen molar-refractivity contribution in [1.29, 1.82) is 0 Å². The number of anilines is 1.